The smallest absolute Gasteiger partial charge is 0.180 e. The fourth-order valence-corrected chi connectivity index (χ4v) is 8.34. The van der Waals surface area contributed by atoms with Crippen molar-refractivity contribution < 1.29 is 9.47 Å². The molecule has 4 saturated carbocycles. The Morgan fingerprint density at radius 3 is 2.21 bits per heavy atom. The van der Waals surface area contributed by atoms with E-state index >= 15 is 0 Å². The molecule has 0 aromatic heterocycles. The molecule has 0 amide bonds. The van der Waals surface area contributed by atoms with Crippen molar-refractivity contribution in [3.8, 4) is 11.5 Å². The molecule has 0 spiro atoms. The zero-order valence-electron chi connectivity index (χ0n) is 19.6. The molecule has 2 atom stereocenters. The highest BCUT2D eigenvalue weighted by atomic mass is 35.5. The Labute approximate surface area is 212 Å². The molecule has 2 aromatic carbocycles. The molecular weight excluding hydrogens is 477 g/mol. The molecule has 178 valence electrons. The largest absolute Gasteiger partial charge is 0.493 e. The first-order valence-electron chi connectivity index (χ1n) is 11.8. The first-order chi connectivity index (χ1) is 15.6. The summed E-state index contributed by atoms with van der Waals surface area (Å²) >= 11 is 18.8. The van der Waals surface area contributed by atoms with E-state index in [-0.39, 0.29) is 5.54 Å². The van der Waals surface area contributed by atoms with Gasteiger partial charge in [-0.25, -0.2) is 0 Å². The van der Waals surface area contributed by atoms with Crippen LogP contribution in [0, 0.1) is 16.7 Å². The van der Waals surface area contributed by atoms with Gasteiger partial charge < -0.3 is 14.8 Å². The molecule has 0 aliphatic heterocycles. The standard InChI is InChI=1S/C27H32Cl3NO2/c1-25-9-19-10-26(2,14-25)16-27(11-19,15-25)31-12-18-7-22(30)24(23(8-18)32-3)33-13-17-4-5-20(28)21(29)6-17/h4-8,19,31H,9-16H2,1-3H3. The zero-order valence-corrected chi connectivity index (χ0v) is 21.8. The Hall–Kier alpha value is -1.13. The minimum atomic E-state index is 0.242. The summed E-state index contributed by atoms with van der Waals surface area (Å²) in [5.41, 5.74) is 3.24. The lowest BCUT2D eigenvalue weighted by Gasteiger charge is -2.65. The Kier molecular flexibility index (Phi) is 6.09. The van der Waals surface area contributed by atoms with E-state index in [0.29, 0.717) is 44.0 Å². The van der Waals surface area contributed by atoms with Gasteiger partial charge in [0.1, 0.15) is 6.61 Å². The summed E-state index contributed by atoms with van der Waals surface area (Å²) < 4.78 is 11.7. The van der Waals surface area contributed by atoms with Gasteiger partial charge in [0.15, 0.2) is 11.5 Å². The van der Waals surface area contributed by atoms with Crippen LogP contribution in [0.3, 0.4) is 0 Å². The number of methoxy groups -OCH3 is 1. The van der Waals surface area contributed by atoms with Crippen molar-refractivity contribution in [1.82, 2.24) is 5.32 Å². The number of benzene rings is 2. The Morgan fingerprint density at radius 1 is 0.879 bits per heavy atom. The Morgan fingerprint density at radius 2 is 1.58 bits per heavy atom. The van der Waals surface area contributed by atoms with Gasteiger partial charge >= 0.3 is 0 Å². The second kappa shape index (κ2) is 8.52. The van der Waals surface area contributed by atoms with Gasteiger partial charge in [-0.05, 0) is 90.7 Å². The van der Waals surface area contributed by atoms with E-state index < -0.39 is 0 Å². The van der Waals surface area contributed by atoms with Crippen LogP contribution in [0.5, 0.6) is 11.5 Å². The number of halogens is 3. The summed E-state index contributed by atoms with van der Waals surface area (Å²) in [6, 6.07) is 9.48. The third-order valence-corrected chi connectivity index (χ3v) is 8.97. The van der Waals surface area contributed by atoms with Crippen LogP contribution in [0.1, 0.15) is 63.5 Å². The van der Waals surface area contributed by atoms with Crippen molar-refractivity contribution >= 4 is 34.8 Å². The summed E-state index contributed by atoms with van der Waals surface area (Å²) in [5.74, 6) is 2.05. The average Bonchev–Trinajstić information content (AvgIpc) is 2.71. The third kappa shape index (κ3) is 4.72. The van der Waals surface area contributed by atoms with Gasteiger partial charge in [0.2, 0.25) is 0 Å². The normalized spacial score (nSPS) is 32.2. The van der Waals surface area contributed by atoms with Gasteiger partial charge in [-0.2, -0.15) is 0 Å². The lowest BCUT2D eigenvalue weighted by molar-refractivity contribution is -0.118. The molecule has 2 aromatic rings. The summed E-state index contributed by atoms with van der Waals surface area (Å²) in [4.78, 5) is 0. The van der Waals surface area contributed by atoms with Gasteiger partial charge in [-0.15, -0.1) is 0 Å². The van der Waals surface area contributed by atoms with Crippen LogP contribution in [0.15, 0.2) is 30.3 Å². The highest BCUT2D eigenvalue weighted by Gasteiger charge is 2.59. The van der Waals surface area contributed by atoms with Crippen molar-refractivity contribution in [2.45, 2.75) is 71.1 Å². The fraction of sp³-hybridized carbons (Fsp3) is 0.556. The van der Waals surface area contributed by atoms with Gasteiger partial charge in [0.05, 0.1) is 22.2 Å². The summed E-state index contributed by atoms with van der Waals surface area (Å²) in [5, 5.41) is 5.56. The minimum Gasteiger partial charge on any atom is -0.493 e. The van der Waals surface area contributed by atoms with Crippen molar-refractivity contribution in [2.75, 3.05) is 7.11 Å². The second-order valence-corrected chi connectivity index (χ2v) is 12.6. The van der Waals surface area contributed by atoms with Crippen molar-refractivity contribution in [3.63, 3.8) is 0 Å². The molecule has 0 saturated heterocycles. The number of hydrogen-bond donors (Lipinski definition) is 1. The van der Waals surface area contributed by atoms with E-state index in [1.54, 1.807) is 19.2 Å². The molecule has 4 aliphatic carbocycles. The van der Waals surface area contributed by atoms with Crippen LogP contribution in [-0.2, 0) is 13.2 Å². The fourth-order valence-electron chi connectivity index (χ4n) is 7.73. The van der Waals surface area contributed by atoms with E-state index in [0.717, 1.165) is 23.6 Å². The molecule has 3 nitrogen and oxygen atoms in total. The quantitative estimate of drug-likeness (QED) is 0.410. The molecule has 1 N–H and O–H groups in total. The second-order valence-electron chi connectivity index (χ2n) is 11.4. The van der Waals surface area contributed by atoms with Crippen LogP contribution in [0.4, 0.5) is 0 Å². The molecular formula is C27H32Cl3NO2. The molecule has 4 aliphatic rings. The monoisotopic (exact) mass is 507 g/mol. The first kappa shape index (κ1) is 23.6. The van der Waals surface area contributed by atoms with E-state index in [9.17, 15) is 0 Å². The van der Waals surface area contributed by atoms with Crippen molar-refractivity contribution in [1.29, 1.82) is 0 Å². The lowest BCUT2D eigenvalue weighted by Crippen LogP contribution is -2.63. The maximum atomic E-state index is 6.66. The Balaban J connectivity index is 1.30. The average molecular weight is 509 g/mol. The van der Waals surface area contributed by atoms with Gasteiger partial charge in [0.25, 0.3) is 0 Å². The van der Waals surface area contributed by atoms with Gasteiger partial charge in [0, 0.05) is 12.1 Å². The van der Waals surface area contributed by atoms with E-state index in [2.05, 4.69) is 19.2 Å². The van der Waals surface area contributed by atoms with Crippen LogP contribution >= 0.6 is 34.8 Å². The van der Waals surface area contributed by atoms with Crippen molar-refractivity contribution in [2.24, 2.45) is 16.7 Å². The molecule has 33 heavy (non-hydrogen) atoms. The van der Waals surface area contributed by atoms with Crippen LogP contribution in [0.25, 0.3) is 0 Å². The molecule has 2 unspecified atom stereocenters. The van der Waals surface area contributed by atoms with E-state index in [1.165, 1.54) is 38.5 Å². The number of rotatable bonds is 7. The molecule has 6 heteroatoms. The summed E-state index contributed by atoms with van der Waals surface area (Å²) in [6.45, 7) is 6.12. The summed E-state index contributed by atoms with van der Waals surface area (Å²) in [7, 11) is 1.65. The Bertz CT molecular complexity index is 1050. The highest BCUT2D eigenvalue weighted by molar-refractivity contribution is 6.42. The summed E-state index contributed by atoms with van der Waals surface area (Å²) in [6.07, 6.45) is 8.04. The predicted molar refractivity (Wildman–Crippen MR) is 136 cm³/mol. The minimum absolute atomic E-state index is 0.242. The molecule has 6 rings (SSSR count). The first-order valence-corrected chi connectivity index (χ1v) is 12.9. The predicted octanol–water partition coefficient (Wildman–Crippen LogP) is 8.07. The number of nitrogens with one attached hydrogen (secondary N) is 1. The van der Waals surface area contributed by atoms with Gasteiger partial charge in [-0.3, -0.25) is 0 Å². The SMILES string of the molecule is COc1cc(CNC23CC4CC(C)(CC(C)(C4)C2)C3)cc(Cl)c1OCc1ccc(Cl)c(Cl)c1. The van der Waals surface area contributed by atoms with Crippen LogP contribution in [-0.4, -0.2) is 12.6 Å². The van der Waals surface area contributed by atoms with Crippen LogP contribution < -0.4 is 14.8 Å². The lowest BCUT2D eigenvalue weighted by atomic mass is 9.43. The zero-order chi connectivity index (χ0) is 23.4. The molecule has 0 radical (unpaired) electrons. The van der Waals surface area contributed by atoms with Crippen LogP contribution in [0.2, 0.25) is 15.1 Å². The van der Waals surface area contributed by atoms with E-state index in [1.807, 2.05) is 18.2 Å². The maximum Gasteiger partial charge on any atom is 0.180 e. The number of ether oxygens (including phenoxy) is 2. The van der Waals surface area contributed by atoms with Gasteiger partial charge in [-0.1, -0.05) is 54.7 Å². The van der Waals surface area contributed by atoms with E-state index in [4.69, 9.17) is 44.3 Å². The highest BCUT2D eigenvalue weighted by Crippen LogP contribution is 2.66. The van der Waals surface area contributed by atoms with Crippen molar-refractivity contribution in [3.05, 3.63) is 56.5 Å². The molecule has 4 bridgehead atoms. The molecule has 0 heterocycles. The topological polar surface area (TPSA) is 30.5 Å². The maximum absolute atomic E-state index is 6.66. The third-order valence-electron chi connectivity index (χ3n) is 7.95. The number of hydrogen-bond acceptors (Lipinski definition) is 3. The molecule has 4 fully saturated rings.